The number of nitrogens with zero attached hydrogens (tertiary/aromatic N) is 2. The van der Waals surface area contributed by atoms with Crippen LogP contribution < -0.4 is 0 Å². The number of hydrogen-bond acceptors (Lipinski definition) is 4. The van der Waals surface area contributed by atoms with Gasteiger partial charge in [0.2, 0.25) is 0 Å². The highest BCUT2D eigenvalue weighted by molar-refractivity contribution is 9.10. The van der Waals surface area contributed by atoms with Crippen molar-refractivity contribution in [2.45, 2.75) is 13.8 Å². The third-order valence-electron chi connectivity index (χ3n) is 2.26. The van der Waals surface area contributed by atoms with E-state index >= 15 is 0 Å². The second-order valence-electron chi connectivity index (χ2n) is 3.32. The van der Waals surface area contributed by atoms with Gasteiger partial charge >= 0.3 is 0 Å². The Morgan fingerprint density at radius 3 is 2.20 bits per heavy atom. The summed E-state index contributed by atoms with van der Waals surface area (Å²) in [5.41, 5.74) is 2.10. The van der Waals surface area contributed by atoms with Gasteiger partial charge in [-0.3, -0.25) is 0 Å². The first-order valence-corrected chi connectivity index (χ1v) is 5.15. The summed E-state index contributed by atoms with van der Waals surface area (Å²) in [5, 5.41) is 19.4. The zero-order valence-corrected chi connectivity index (χ0v) is 9.83. The monoisotopic (exact) mass is 268 g/mol. The quantitative estimate of drug-likeness (QED) is 0.721. The Morgan fingerprint density at radius 1 is 1.07 bits per heavy atom. The Kier molecular flexibility index (Phi) is 2.26. The molecule has 2 aromatic rings. The standard InChI is InChI=1S/C10H9BrN2O2/c1-4-5(2)13-9-8(12-4)7(14)3-6(11)10(9)15/h3,14-15H,1-2H3. The van der Waals surface area contributed by atoms with Crippen LogP contribution in [0.3, 0.4) is 0 Å². The van der Waals surface area contributed by atoms with Gasteiger partial charge in [0.15, 0.2) is 5.75 Å². The average molecular weight is 269 g/mol. The summed E-state index contributed by atoms with van der Waals surface area (Å²) in [6.45, 7) is 3.61. The first kappa shape index (κ1) is 10.2. The number of aryl methyl sites for hydroxylation is 2. The van der Waals surface area contributed by atoms with E-state index in [1.54, 1.807) is 13.8 Å². The van der Waals surface area contributed by atoms with E-state index in [1.165, 1.54) is 6.07 Å². The van der Waals surface area contributed by atoms with E-state index in [4.69, 9.17) is 0 Å². The molecule has 2 rings (SSSR count). The first-order chi connectivity index (χ1) is 7.00. The third kappa shape index (κ3) is 1.52. The third-order valence-corrected chi connectivity index (χ3v) is 2.87. The van der Waals surface area contributed by atoms with E-state index in [9.17, 15) is 10.2 Å². The van der Waals surface area contributed by atoms with Gasteiger partial charge in [-0.2, -0.15) is 0 Å². The van der Waals surface area contributed by atoms with E-state index in [-0.39, 0.29) is 11.5 Å². The molecule has 0 aliphatic rings. The van der Waals surface area contributed by atoms with E-state index in [1.807, 2.05) is 0 Å². The lowest BCUT2D eigenvalue weighted by Crippen LogP contribution is -1.94. The average Bonchev–Trinajstić information content (AvgIpc) is 2.18. The van der Waals surface area contributed by atoms with Gasteiger partial charge in [0.05, 0.1) is 15.9 Å². The van der Waals surface area contributed by atoms with Crippen molar-refractivity contribution in [2.75, 3.05) is 0 Å². The van der Waals surface area contributed by atoms with Crippen molar-refractivity contribution >= 4 is 27.0 Å². The smallest absolute Gasteiger partial charge is 0.157 e. The fraction of sp³-hybridized carbons (Fsp3) is 0.200. The molecule has 15 heavy (non-hydrogen) atoms. The summed E-state index contributed by atoms with van der Waals surface area (Å²) >= 11 is 3.13. The molecule has 78 valence electrons. The van der Waals surface area contributed by atoms with Crippen LogP contribution in [-0.2, 0) is 0 Å². The van der Waals surface area contributed by atoms with Crippen LogP contribution in [0.4, 0.5) is 0 Å². The van der Waals surface area contributed by atoms with Crippen molar-refractivity contribution in [1.82, 2.24) is 9.97 Å². The van der Waals surface area contributed by atoms with E-state index < -0.39 is 0 Å². The Balaban J connectivity index is 2.97. The first-order valence-electron chi connectivity index (χ1n) is 4.36. The molecule has 2 N–H and O–H groups in total. The van der Waals surface area contributed by atoms with E-state index in [2.05, 4.69) is 25.9 Å². The minimum Gasteiger partial charge on any atom is -0.506 e. The summed E-state index contributed by atoms with van der Waals surface area (Å²) in [7, 11) is 0. The Labute approximate surface area is 94.7 Å². The number of aromatic hydroxyl groups is 2. The number of benzene rings is 1. The lowest BCUT2D eigenvalue weighted by molar-refractivity contribution is 0.464. The van der Waals surface area contributed by atoms with Crippen molar-refractivity contribution in [3.8, 4) is 11.5 Å². The van der Waals surface area contributed by atoms with Gasteiger partial charge < -0.3 is 10.2 Å². The zero-order chi connectivity index (χ0) is 11.2. The minimum atomic E-state index is -0.00148. The Morgan fingerprint density at radius 2 is 1.60 bits per heavy atom. The van der Waals surface area contributed by atoms with Crippen LogP contribution in [0.2, 0.25) is 0 Å². The Bertz CT molecular complexity index is 555. The van der Waals surface area contributed by atoms with Crippen LogP contribution in [0.25, 0.3) is 11.0 Å². The molecular formula is C10H9BrN2O2. The second-order valence-corrected chi connectivity index (χ2v) is 4.17. The predicted molar refractivity (Wildman–Crippen MR) is 60.0 cm³/mol. The highest BCUT2D eigenvalue weighted by Crippen LogP contribution is 2.36. The molecule has 0 saturated carbocycles. The maximum atomic E-state index is 9.74. The molecule has 0 radical (unpaired) electrons. The molecule has 0 bridgehead atoms. The van der Waals surface area contributed by atoms with Gasteiger partial charge in [-0.1, -0.05) is 0 Å². The van der Waals surface area contributed by atoms with Crippen LogP contribution >= 0.6 is 15.9 Å². The number of hydrogen-bond donors (Lipinski definition) is 2. The molecule has 0 fully saturated rings. The van der Waals surface area contributed by atoms with Crippen molar-refractivity contribution in [3.05, 3.63) is 21.9 Å². The predicted octanol–water partition coefficient (Wildman–Crippen LogP) is 2.42. The topological polar surface area (TPSA) is 66.2 Å². The van der Waals surface area contributed by atoms with Gasteiger partial charge in [0.1, 0.15) is 16.8 Å². The maximum Gasteiger partial charge on any atom is 0.157 e. The highest BCUT2D eigenvalue weighted by atomic mass is 79.9. The van der Waals surface area contributed by atoms with Crippen LogP contribution in [-0.4, -0.2) is 20.2 Å². The van der Waals surface area contributed by atoms with Gasteiger partial charge in [-0.05, 0) is 29.8 Å². The molecule has 5 heteroatoms. The number of fused-ring (bicyclic) bond motifs is 1. The fourth-order valence-corrected chi connectivity index (χ4v) is 1.72. The molecule has 1 aromatic heterocycles. The summed E-state index contributed by atoms with van der Waals surface area (Å²) in [4.78, 5) is 8.38. The van der Waals surface area contributed by atoms with Crippen molar-refractivity contribution in [2.24, 2.45) is 0 Å². The molecule has 1 heterocycles. The van der Waals surface area contributed by atoms with Crippen LogP contribution in [0, 0.1) is 13.8 Å². The molecule has 0 amide bonds. The number of rotatable bonds is 0. The fourth-order valence-electron chi connectivity index (χ4n) is 1.32. The molecule has 0 saturated heterocycles. The SMILES string of the molecule is Cc1nc2c(O)cc(Br)c(O)c2nc1C. The number of aromatic nitrogens is 2. The molecule has 0 aliphatic heterocycles. The lowest BCUT2D eigenvalue weighted by atomic mass is 10.2. The number of halogens is 1. The maximum absolute atomic E-state index is 9.74. The van der Waals surface area contributed by atoms with Gasteiger partial charge in [0.25, 0.3) is 0 Å². The highest BCUT2D eigenvalue weighted by Gasteiger charge is 2.13. The largest absolute Gasteiger partial charge is 0.506 e. The van der Waals surface area contributed by atoms with E-state index in [0.29, 0.717) is 15.5 Å². The number of phenols is 2. The van der Waals surface area contributed by atoms with Gasteiger partial charge in [-0.15, -0.1) is 0 Å². The molecule has 0 unspecified atom stereocenters. The minimum absolute atomic E-state index is 0.00148. The molecular weight excluding hydrogens is 260 g/mol. The second kappa shape index (κ2) is 3.34. The van der Waals surface area contributed by atoms with Crippen molar-refractivity contribution in [1.29, 1.82) is 0 Å². The van der Waals surface area contributed by atoms with Crippen LogP contribution in [0.5, 0.6) is 11.5 Å². The van der Waals surface area contributed by atoms with Crippen LogP contribution in [0.15, 0.2) is 10.5 Å². The summed E-state index contributed by atoms with van der Waals surface area (Å²) < 4.78 is 0.407. The molecule has 4 nitrogen and oxygen atoms in total. The summed E-state index contributed by atoms with van der Waals surface area (Å²) in [6.07, 6.45) is 0. The van der Waals surface area contributed by atoms with Gasteiger partial charge in [-0.25, -0.2) is 9.97 Å². The summed E-state index contributed by atoms with van der Waals surface area (Å²) in [6, 6.07) is 1.40. The number of phenolic OH excluding ortho intramolecular Hbond substituents is 2. The van der Waals surface area contributed by atoms with Crippen LogP contribution in [0.1, 0.15) is 11.4 Å². The lowest BCUT2D eigenvalue weighted by Gasteiger charge is -2.07. The van der Waals surface area contributed by atoms with Gasteiger partial charge in [0, 0.05) is 6.07 Å². The van der Waals surface area contributed by atoms with Crippen molar-refractivity contribution < 1.29 is 10.2 Å². The summed E-state index contributed by atoms with van der Waals surface area (Å²) in [5.74, 6) is 0.00340. The normalized spacial score (nSPS) is 10.9. The molecule has 0 atom stereocenters. The zero-order valence-electron chi connectivity index (χ0n) is 8.24. The molecule has 1 aromatic carbocycles. The Hall–Kier alpha value is -1.36. The molecule has 0 spiro atoms. The molecule has 0 aliphatic carbocycles. The van der Waals surface area contributed by atoms with E-state index in [0.717, 1.165) is 11.4 Å². The van der Waals surface area contributed by atoms with Crippen molar-refractivity contribution in [3.63, 3.8) is 0 Å².